The summed E-state index contributed by atoms with van der Waals surface area (Å²) < 4.78 is 69.3. The summed E-state index contributed by atoms with van der Waals surface area (Å²) in [5.41, 5.74) is 6.64. The number of hydrogen-bond donors (Lipinski definition) is 4. The van der Waals surface area contributed by atoms with Gasteiger partial charge in [0.1, 0.15) is 16.4 Å². The van der Waals surface area contributed by atoms with Crippen LogP contribution in [0.4, 0.5) is 22.7 Å². The summed E-state index contributed by atoms with van der Waals surface area (Å²) in [4.78, 5) is 5.98. The van der Waals surface area contributed by atoms with Crippen LogP contribution in [-0.2, 0) is 20.0 Å². The molecule has 0 spiro atoms. The van der Waals surface area contributed by atoms with Crippen molar-refractivity contribution in [1.82, 2.24) is 10.6 Å². The SMILES string of the molecule is COc1cc(-c2cccs2)ccc1S(=O)(=O)Nc1cccc(N2C[C@@H](C)N[C@@H](C)C2)c1.COc1ccc(N2C[C@@H](C)N[C@@H](C)C2)cc1NS(=O)(=O)c1ccc(-c2ccsc2)cc1C. The number of nitrogens with zero attached hydrogens (tertiary/aromatic N) is 2. The molecule has 334 valence electrons. The molecule has 0 unspecified atom stereocenters. The van der Waals surface area contributed by atoms with E-state index in [1.165, 1.54) is 7.11 Å². The molecule has 2 aliphatic heterocycles. The lowest BCUT2D eigenvalue weighted by atomic mass is 10.1. The number of aryl methyl sites for hydroxylation is 1. The van der Waals surface area contributed by atoms with E-state index in [0.717, 1.165) is 59.1 Å². The van der Waals surface area contributed by atoms with E-state index in [1.807, 2.05) is 90.5 Å². The second kappa shape index (κ2) is 19.7. The molecular formula is C47H56N6O6S4. The number of methoxy groups -OCH3 is 2. The van der Waals surface area contributed by atoms with Crippen LogP contribution in [0, 0.1) is 6.92 Å². The van der Waals surface area contributed by atoms with Gasteiger partial charge in [0.25, 0.3) is 20.0 Å². The van der Waals surface area contributed by atoms with Crippen molar-refractivity contribution in [3.8, 4) is 33.1 Å². The molecule has 0 saturated carbocycles. The first-order valence-corrected chi connectivity index (χ1v) is 25.6. The Bertz CT molecular complexity index is 2690. The van der Waals surface area contributed by atoms with Crippen LogP contribution in [0.2, 0.25) is 0 Å². The summed E-state index contributed by atoms with van der Waals surface area (Å²) in [7, 11) is -4.57. The number of sulfonamides is 2. The van der Waals surface area contributed by atoms with Crippen LogP contribution in [0.3, 0.4) is 0 Å². The Morgan fingerprint density at radius 1 is 0.603 bits per heavy atom. The fraction of sp³-hybridized carbons (Fsp3) is 0.319. The van der Waals surface area contributed by atoms with Gasteiger partial charge in [-0.1, -0.05) is 30.3 Å². The van der Waals surface area contributed by atoms with Crippen molar-refractivity contribution < 1.29 is 26.3 Å². The van der Waals surface area contributed by atoms with Crippen LogP contribution in [0.5, 0.6) is 11.5 Å². The molecular weight excluding hydrogens is 873 g/mol. The Morgan fingerprint density at radius 3 is 1.81 bits per heavy atom. The Kier molecular flexibility index (Phi) is 14.4. The Hall–Kier alpha value is -5.10. The number of anilines is 4. The van der Waals surface area contributed by atoms with E-state index in [-0.39, 0.29) is 9.79 Å². The third-order valence-corrected chi connectivity index (χ3v) is 15.5. The zero-order valence-electron chi connectivity index (χ0n) is 36.6. The lowest BCUT2D eigenvalue weighted by Crippen LogP contribution is -2.54. The fourth-order valence-electron chi connectivity index (χ4n) is 8.27. The number of nitrogens with one attached hydrogen (secondary N) is 4. The minimum Gasteiger partial charge on any atom is -0.495 e. The maximum absolute atomic E-state index is 13.3. The third kappa shape index (κ3) is 11.2. The molecule has 8 rings (SSSR count). The van der Waals surface area contributed by atoms with Gasteiger partial charge in [0.05, 0.1) is 30.5 Å². The van der Waals surface area contributed by atoms with Crippen molar-refractivity contribution in [2.45, 2.75) is 68.6 Å². The molecule has 2 fully saturated rings. The first kappa shape index (κ1) is 45.9. The van der Waals surface area contributed by atoms with E-state index in [1.54, 1.807) is 54.0 Å². The number of piperazine rings is 2. The van der Waals surface area contributed by atoms with Gasteiger partial charge in [-0.25, -0.2) is 16.8 Å². The van der Waals surface area contributed by atoms with E-state index in [0.29, 0.717) is 52.6 Å². The molecule has 4 atom stereocenters. The highest BCUT2D eigenvalue weighted by molar-refractivity contribution is 7.93. The molecule has 2 aromatic heterocycles. The number of benzene rings is 4. The van der Waals surface area contributed by atoms with Gasteiger partial charge < -0.3 is 29.9 Å². The van der Waals surface area contributed by atoms with E-state index < -0.39 is 20.0 Å². The first-order chi connectivity index (χ1) is 30.1. The molecule has 12 nitrogen and oxygen atoms in total. The van der Waals surface area contributed by atoms with Crippen molar-refractivity contribution in [2.24, 2.45) is 0 Å². The molecule has 0 amide bonds. The third-order valence-electron chi connectivity index (χ3n) is 10.9. The number of thiophene rings is 2. The molecule has 63 heavy (non-hydrogen) atoms. The largest absolute Gasteiger partial charge is 0.495 e. The van der Waals surface area contributed by atoms with E-state index in [2.05, 4.69) is 63.0 Å². The lowest BCUT2D eigenvalue weighted by Gasteiger charge is -2.38. The second-order valence-electron chi connectivity index (χ2n) is 16.2. The van der Waals surface area contributed by atoms with Crippen LogP contribution in [0.15, 0.2) is 123 Å². The maximum atomic E-state index is 13.3. The molecule has 0 bridgehead atoms. The number of ether oxygens (including phenoxy) is 2. The molecule has 4 aromatic carbocycles. The van der Waals surface area contributed by atoms with Crippen LogP contribution in [-0.4, -0.2) is 81.4 Å². The average molecular weight is 929 g/mol. The quantitative estimate of drug-likeness (QED) is 0.0940. The van der Waals surface area contributed by atoms with Crippen molar-refractivity contribution in [1.29, 1.82) is 0 Å². The van der Waals surface area contributed by atoms with Gasteiger partial charge in [0.15, 0.2) is 0 Å². The monoisotopic (exact) mass is 928 g/mol. The summed E-state index contributed by atoms with van der Waals surface area (Å²) in [6.07, 6.45) is 0. The maximum Gasteiger partial charge on any atom is 0.265 e. The average Bonchev–Trinajstić information content (AvgIpc) is 3.99. The zero-order chi connectivity index (χ0) is 44.9. The molecule has 2 aliphatic rings. The molecule has 16 heteroatoms. The van der Waals surface area contributed by atoms with Crippen molar-refractivity contribution in [3.63, 3.8) is 0 Å². The molecule has 0 radical (unpaired) electrons. The molecule has 6 aromatic rings. The van der Waals surface area contributed by atoms with E-state index in [9.17, 15) is 16.8 Å². The topological polar surface area (TPSA) is 141 Å². The minimum atomic E-state index is -3.81. The highest BCUT2D eigenvalue weighted by atomic mass is 32.2. The fourth-order valence-corrected chi connectivity index (χ4v) is 12.1. The van der Waals surface area contributed by atoms with Crippen LogP contribution >= 0.6 is 22.7 Å². The molecule has 0 aliphatic carbocycles. The van der Waals surface area contributed by atoms with Crippen LogP contribution < -0.4 is 39.4 Å². The first-order valence-electron chi connectivity index (χ1n) is 20.8. The van der Waals surface area contributed by atoms with Gasteiger partial charge in [-0.2, -0.15) is 11.3 Å². The van der Waals surface area contributed by atoms with Gasteiger partial charge in [-0.15, -0.1) is 11.3 Å². The minimum absolute atomic E-state index is 0.116. The standard InChI is InChI=1S/C24H29N3O3S2.C23H27N3O3S2/c1-16-11-19(20-9-10-31-15-20)5-8-24(16)32(28,29)26-22-12-21(6-7-23(22)30-4)27-13-17(2)25-18(3)14-27;1-16-14-26(15-17(2)24-16)20-7-4-6-19(13-20)25-31(27,28)23-10-9-18(12-21(23)29-3)22-8-5-11-30-22/h5-12,15,17-18,25-26H,13-14H2,1-4H3;4-13,16-17,24-25H,14-15H2,1-3H3/t17-,18+;16-,17+. The van der Waals surface area contributed by atoms with Gasteiger partial charge in [0.2, 0.25) is 0 Å². The van der Waals surface area contributed by atoms with E-state index >= 15 is 0 Å². The van der Waals surface area contributed by atoms with Crippen molar-refractivity contribution in [2.75, 3.05) is 59.6 Å². The summed E-state index contributed by atoms with van der Waals surface area (Å²) in [6, 6.07) is 31.2. The summed E-state index contributed by atoms with van der Waals surface area (Å²) in [5, 5.41) is 13.1. The predicted octanol–water partition coefficient (Wildman–Crippen LogP) is 9.13. The van der Waals surface area contributed by atoms with Gasteiger partial charge >= 0.3 is 0 Å². The van der Waals surface area contributed by atoms with Gasteiger partial charge in [0, 0.05) is 66.6 Å². The highest BCUT2D eigenvalue weighted by Gasteiger charge is 2.26. The second-order valence-corrected chi connectivity index (χ2v) is 21.3. The van der Waals surface area contributed by atoms with Crippen molar-refractivity contribution >= 4 is 65.5 Å². The molecule has 4 heterocycles. The normalized spacial score (nSPS) is 19.2. The summed E-state index contributed by atoms with van der Waals surface area (Å²) in [6.45, 7) is 13.9. The molecule has 4 N–H and O–H groups in total. The summed E-state index contributed by atoms with van der Waals surface area (Å²) >= 11 is 3.21. The van der Waals surface area contributed by atoms with E-state index in [4.69, 9.17) is 9.47 Å². The van der Waals surface area contributed by atoms with Crippen molar-refractivity contribution in [3.05, 3.63) is 119 Å². The van der Waals surface area contributed by atoms with Gasteiger partial charge in [-0.05, 0) is 140 Å². The van der Waals surface area contributed by atoms with Crippen LogP contribution in [0.25, 0.3) is 21.6 Å². The van der Waals surface area contributed by atoms with Crippen LogP contribution in [0.1, 0.15) is 33.3 Å². The Morgan fingerprint density at radius 2 is 1.22 bits per heavy atom. The molecule has 2 saturated heterocycles. The number of hydrogen-bond acceptors (Lipinski definition) is 12. The summed E-state index contributed by atoms with van der Waals surface area (Å²) in [5.74, 6) is 0.806. The zero-order valence-corrected chi connectivity index (χ0v) is 39.9. The Labute approximate surface area is 380 Å². The smallest absolute Gasteiger partial charge is 0.265 e. The Balaban J connectivity index is 0.000000189. The predicted molar refractivity (Wildman–Crippen MR) is 260 cm³/mol. The lowest BCUT2D eigenvalue weighted by molar-refractivity contribution is 0.403. The number of rotatable bonds is 12. The highest BCUT2D eigenvalue weighted by Crippen LogP contribution is 2.36. The van der Waals surface area contributed by atoms with Gasteiger partial charge in [-0.3, -0.25) is 9.44 Å².